The molecule has 9 heavy (non-hydrogen) atoms. The van der Waals surface area contributed by atoms with Crippen LogP contribution >= 0.6 is 0 Å². The molecular formula is C2HF5O2. The summed E-state index contributed by atoms with van der Waals surface area (Å²) in [7, 11) is 0. The molecular weight excluding hydrogens is 151 g/mol. The molecule has 1 N–H and O–H groups in total. The highest BCUT2D eigenvalue weighted by molar-refractivity contribution is 4.60. The summed E-state index contributed by atoms with van der Waals surface area (Å²) in [5, 5.41) is 6.96. The number of rotatable bonds is 1. The first-order valence-corrected chi connectivity index (χ1v) is 1.58. The van der Waals surface area contributed by atoms with Gasteiger partial charge in [-0.15, -0.1) is 0 Å². The summed E-state index contributed by atoms with van der Waals surface area (Å²) >= 11 is 0. The molecule has 0 saturated carbocycles. The van der Waals surface area contributed by atoms with E-state index in [2.05, 4.69) is 0 Å². The van der Waals surface area contributed by atoms with Crippen LogP contribution in [-0.4, -0.2) is 17.5 Å². The third-order valence-electron chi connectivity index (χ3n) is 0.445. The van der Waals surface area contributed by atoms with Gasteiger partial charge in [-0.1, -0.05) is 0 Å². The normalized spacial score (nSPS) is 14.0. The molecule has 0 atom stereocenters. The summed E-state index contributed by atoms with van der Waals surface area (Å²) in [6.07, 6.45) is -11.3. The molecule has 2 nitrogen and oxygen atoms in total. The second-order valence-electron chi connectivity index (χ2n) is 1.11. The maximum Gasteiger partial charge on any atom is 0.485 e. The first-order valence-electron chi connectivity index (χ1n) is 1.58. The van der Waals surface area contributed by atoms with Gasteiger partial charge in [0.2, 0.25) is 0 Å². The lowest BCUT2D eigenvalue weighted by Gasteiger charge is -2.13. The lowest BCUT2D eigenvalue weighted by molar-refractivity contribution is -0.490. The minimum atomic E-state index is -5.86. The average molecular weight is 152 g/mol. The summed E-state index contributed by atoms with van der Waals surface area (Å²) in [5.41, 5.74) is 0. The third kappa shape index (κ3) is 1.75. The molecule has 0 bridgehead atoms. The van der Waals surface area contributed by atoms with Crippen molar-refractivity contribution in [3.05, 3.63) is 0 Å². The first kappa shape index (κ1) is 8.57. The van der Waals surface area contributed by atoms with Crippen LogP contribution in [0.5, 0.6) is 0 Å². The van der Waals surface area contributed by atoms with E-state index in [1.54, 1.807) is 0 Å². The van der Waals surface area contributed by atoms with Crippen LogP contribution in [-0.2, 0) is 4.89 Å². The number of halogens is 5. The molecule has 0 aromatic heterocycles. The molecule has 0 aromatic rings. The van der Waals surface area contributed by atoms with Crippen LogP contribution in [0.4, 0.5) is 22.0 Å². The van der Waals surface area contributed by atoms with Gasteiger partial charge in [-0.25, -0.2) is 5.26 Å². The molecule has 7 heteroatoms. The van der Waals surface area contributed by atoms with Gasteiger partial charge in [-0.2, -0.15) is 26.8 Å². The van der Waals surface area contributed by atoms with E-state index in [1.165, 1.54) is 0 Å². The minimum absolute atomic E-state index is 1.84. The van der Waals surface area contributed by atoms with Crippen LogP contribution < -0.4 is 0 Å². The van der Waals surface area contributed by atoms with Crippen LogP contribution in [0.25, 0.3) is 0 Å². The zero-order valence-corrected chi connectivity index (χ0v) is 3.75. The largest absolute Gasteiger partial charge is 0.485 e. The topological polar surface area (TPSA) is 29.5 Å². The predicted octanol–water partition coefficient (Wildman–Crippen LogP) is 1.63. The standard InChI is InChI=1S/C2HF5O2/c3-1(4,5)2(6,7)9-8/h8H. The molecule has 0 saturated heterocycles. The Bertz CT molecular complexity index is 95.6. The Morgan fingerprint density at radius 1 is 1.00 bits per heavy atom. The molecule has 0 aliphatic carbocycles. The van der Waals surface area contributed by atoms with Crippen LogP contribution in [0.3, 0.4) is 0 Å². The van der Waals surface area contributed by atoms with Crippen molar-refractivity contribution >= 4 is 0 Å². The monoisotopic (exact) mass is 152 g/mol. The van der Waals surface area contributed by atoms with Crippen LogP contribution in [0.2, 0.25) is 0 Å². The van der Waals surface area contributed by atoms with Gasteiger partial charge in [0.05, 0.1) is 0 Å². The van der Waals surface area contributed by atoms with E-state index in [9.17, 15) is 22.0 Å². The van der Waals surface area contributed by atoms with Crippen LogP contribution in [0.15, 0.2) is 0 Å². The summed E-state index contributed by atoms with van der Waals surface area (Å²) < 4.78 is 54.5. The summed E-state index contributed by atoms with van der Waals surface area (Å²) in [6.45, 7) is 0. The zero-order valence-electron chi connectivity index (χ0n) is 3.75. The van der Waals surface area contributed by atoms with Crippen molar-refractivity contribution in [1.82, 2.24) is 0 Å². The highest BCUT2D eigenvalue weighted by Gasteiger charge is 2.60. The van der Waals surface area contributed by atoms with Gasteiger partial charge in [-0.05, 0) is 0 Å². The predicted molar refractivity (Wildman–Crippen MR) is 14.7 cm³/mol. The minimum Gasteiger partial charge on any atom is -0.246 e. The van der Waals surface area contributed by atoms with Crippen molar-refractivity contribution in [2.45, 2.75) is 12.3 Å². The molecule has 0 spiro atoms. The van der Waals surface area contributed by atoms with Gasteiger partial charge < -0.3 is 0 Å². The fourth-order valence-electron chi connectivity index (χ4n) is 0.0518. The van der Waals surface area contributed by atoms with Gasteiger partial charge in [0.15, 0.2) is 0 Å². The second kappa shape index (κ2) is 2.07. The van der Waals surface area contributed by atoms with Gasteiger partial charge in [0.25, 0.3) is 0 Å². The highest BCUT2D eigenvalue weighted by Crippen LogP contribution is 2.35. The summed E-state index contributed by atoms with van der Waals surface area (Å²) in [4.78, 5) is 1.84. The Morgan fingerprint density at radius 2 is 1.33 bits per heavy atom. The molecule has 0 fully saturated rings. The van der Waals surface area contributed by atoms with E-state index in [4.69, 9.17) is 5.26 Å². The molecule has 56 valence electrons. The summed E-state index contributed by atoms with van der Waals surface area (Å²) in [5.74, 6) is 0. The smallest absolute Gasteiger partial charge is 0.246 e. The van der Waals surface area contributed by atoms with Crippen molar-refractivity contribution < 1.29 is 32.1 Å². The maximum absolute atomic E-state index is 11.1. The van der Waals surface area contributed by atoms with Gasteiger partial charge in [0.1, 0.15) is 0 Å². The second-order valence-corrected chi connectivity index (χ2v) is 1.11. The Balaban J connectivity index is 4.14. The Kier molecular flexibility index (Phi) is 1.97. The van der Waals surface area contributed by atoms with Gasteiger partial charge in [-0.3, -0.25) is 0 Å². The van der Waals surface area contributed by atoms with Crippen molar-refractivity contribution in [2.24, 2.45) is 0 Å². The van der Waals surface area contributed by atoms with E-state index in [-0.39, 0.29) is 0 Å². The molecule has 0 aromatic carbocycles. The Morgan fingerprint density at radius 3 is 1.33 bits per heavy atom. The Labute approximate surface area is 45.8 Å². The van der Waals surface area contributed by atoms with Crippen LogP contribution in [0.1, 0.15) is 0 Å². The highest BCUT2D eigenvalue weighted by atomic mass is 19.4. The van der Waals surface area contributed by atoms with E-state index in [0.29, 0.717) is 0 Å². The van der Waals surface area contributed by atoms with E-state index >= 15 is 0 Å². The number of hydrogen-bond donors (Lipinski definition) is 1. The van der Waals surface area contributed by atoms with Crippen molar-refractivity contribution in [3.63, 3.8) is 0 Å². The first-order chi connectivity index (χ1) is 3.81. The summed E-state index contributed by atoms with van der Waals surface area (Å²) in [6, 6.07) is 0. The molecule has 0 rings (SSSR count). The van der Waals surface area contributed by atoms with E-state index in [1.807, 2.05) is 4.89 Å². The lowest BCUT2D eigenvalue weighted by atomic mass is 10.6. The number of hydrogen-bond acceptors (Lipinski definition) is 2. The third-order valence-corrected chi connectivity index (χ3v) is 0.445. The van der Waals surface area contributed by atoms with E-state index in [0.717, 1.165) is 0 Å². The van der Waals surface area contributed by atoms with Crippen molar-refractivity contribution in [1.29, 1.82) is 0 Å². The molecule has 0 amide bonds. The fourth-order valence-corrected chi connectivity index (χ4v) is 0.0518. The van der Waals surface area contributed by atoms with Gasteiger partial charge >= 0.3 is 12.3 Å². The van der Waals surface area contributed by atoms with Crippen molar-refractivity contribution in [3.8, 4) is 0 Å². The maximum atomic E-state index is 11.1. The SMILES string of the molecule is OOC(F)(F)C(F)(F)F. The molecule has 0 unspecified atom stereocenters. The lowest BCUT2D eigenvalue weighted by Crippen LogP contribution is -2.38. The molecule has 0 heterocycles. The molecule has 0 aliphatic rings. The fraction of sp³-hybridized carbons (Fsp3) is 1.00. The quantitative estimate of drug-likeness (QED) is 0.351. The van der Waals surface area contributed by atoms with Crippen LogP contribution in [0, 0.1) is 0 Å². The zero-order chi connectivity index (χ0) is 7.71. The average Bonchev–Trinajstić information content (AvgIpc) is 1.64. The number of alkyl halides is 5. The molecule has 0 radical (unpaired) electrons. The Hall–Kier alpha value is -0.430. The van der Waals surface area contributed by atoms with Crippen molar-refractivity contribution in [2.75, 3.05) is 0 Å². The van der Waals surface area contributed by atoms with E-state index < -0.39 is 12.3 Å². The van der Waals surface area contributed by atoms with Gasteiger partial charge in [0, 0.05) is 0 Å². The molecule has 0 aliphatic heterocycles.